The number of nitrogens with zero attached hydrogens (tertiary/aromatic N) is 5. The number of hydrogen-bond acceptors (Lipinski definition) is 10. The van der Waals surface area contributed by atoms with E-state index in [9.17, 15) is 15.0 Å². The number of fused-ring (bicyclic) bond motifs is 3. The van der Waals surface area contributed by atoms with Crippen LogP contribution in [-0.2, 0) is 22.5 Å². The number of imidazole rings is 1. The Bertz CT molecular complexity index is 1690. The van der Waals surface area contributed by atoms with Gasteiger partial charge < -0.3 is 29.2 Å². The van der Waals surface area contributed by atoms with E-state index in [0.29, 0.717) is 64.6 Å². The number of carbonyl (C=O) groups excluding carboxylic acids is 1. The first-order valence-electron chi connectivity index (χ1n) is 14.4. The second-order valence-electron chi connectivity index (χ2n) is 11.1. The maximum Gasteiger partial charge on any atom is 0.374 e. The number of guanidine groups is 1. The van der Waals surface area contributed by atoms with E-state index in [1.807, 2.05) is 17.6 Å². The number of rotatable bonds is 9. The fourth-order valence-electron chi connectivity index (χ4n) is 5.39. The van der Waals surface area contributed by atoms with Crippen LogP contribution in [0.15, 0.2) is 51.3 Å². The van der Waals surface area contributed by atoms with Crippen molar-refractivity contribution in [3.63, 3.8) is 0 Å². The maximum absolute atomic E-state index is 12.8. The van der Waals surface area contributed by atoms with E-state index in [-0.39, 0.29) is 30.7 Å². The second-order valence-corrected chi connectivity index (χ2v) is 11.1. The van der Waals surface area contributed by atoms with E-state index >= 15 is 0 Å². The van der Waals surface area contributed by atoms with E-state index in [2.05, 4.69) is 20.0 Å². The van der Waals surface area contributed by atoms with E-state index in [1.54, 1.807) is 45.3 Å². The lowest BCUT2D eigenvalue weighted by molar-refractivity contribution is -0.730. The fraction of sp³-hybridized carbons (Fsp3) is 0.400. The quantitative estimate of drug-likeness (QED) is 0.350. The van der Waals surface area contributed by atoms with Gasteiger partial charge in [0.1, 0.15) is 23.4 Å². The summed E-state index contributed by atoms with van der Waals surface area (Å²) in [6.07, 6.45) is 7.66. The van der Waals surface area contributed by atoms with Gasteiger partial charge in [-0.25, -0.2) is 19.7 Å². The highest BCUT2D eigenvalue weighted by molar-refractivity contribution is 6.66. The molecule has 0 aliphatic carbocycles. The molecule has 4 aliphatic rings. The predicted octanol–water partition coefficient (Wildman–Crippen LogP) is 0.703. The van der Waals surface area contributed by atoms with Crippen molar-refractivity contribution in [3.05, 3.63) is 47.5 Å². The van der Waals surface area contributed by atoms with Crippen LogP contribution >= 0.6 is 0 Å². The Balaban J connectivity index is 1.40. The Hall–Kier alpha value is -4.82. The molecule has 0 saturated carbocycles. The van der Waals surface area contributed by atoms with Crippen LogP contribution in [0, 0.1) is 5.41 Å². The summed E-state index contributed by atoms with van der Waals surface area (Å²) in [7, 11) is 0. The Morgan fingerprint density at radius 1 is 1.32 bits per heavy atom. The normalized spacial score (nSPS) is 21.3. The smallest absolute Gasteiger partial charge is 0.374 e. The highest BCUT2D eigenvalue weighted by Crippen LogP contribution is 2.50. The summed E-state index contributed by atoms with van der Waals surface area (Å²) in [5.74, 6) is 0.753. The summed E-state index contributed by atoms with van der Waals surface area (Å²) in [6.45, 7) is 8.23. The molecule has 4 aliphatic heterocycles. The average molecular weight is 604 g/mol. The highest BCUT2D eigenvalue weighted by Gasteiger charge is 2.40. The molecule has 3 N–H and O–H groups in total. The minimum Gasteiger partial charge on any atom is -0.857 e. The van der Waals surface area contributed by atoms with E-state index in [1.165, 1.54) is 0 Å². The Labute approximate surface area is 253 Å². The largest absolute Gasteiger partial charge is 0.857 e. The van der Waals surface area contributed by atoms with Crippen molar-refractivity contribution >= 4 is 40.9 Å². The lowest BCUT2D eigenvalue weighted by Gasteiger charge is -2.24. The van der Waals surface area contributed by atoms with E-state index in [4.69, 9.17) is 24.4 Å². The van der Waals surface area contributed by atoms with Gasteiger partial charge in [0.15, 0.2) is 12.4 Å². The first-order chi connectivity index (χ1) is 21.1. The molecule has 1 unspecified atom stereocenters. The standard InChI is InChI=1S/C30H33N7O7/c1-5-11-42-24-17-13-21(30(3,4)40)44-18(17)14-19-22(24)16(12-20(43-19)27(39)41-6-2)7-9-36-10-8-32-29(36)37-15-33-23-25(37)34-28(31)35-26(23)38/h7-8,10,12,14,21,40H,5-6,9,11,13,15H2,1-4H3,(H2,31,35,38)/t21-/m0/s1. The van der Waals surface area contributed by atoms with Gasteiger partial charge in [0, 0.05) is 36.7 Å². The molecule has 2 atom stereocenters. The number of amidine groups is 1. The first-order valence-corrected chi connectivity index (χ1v) is 14.4. The SMILES string of the molecule is CCCOc1c2c(cc3c1C(=CCn1ccnc1[NH+]1CN=C4C([O-])=NC(=N)N=C41)C=C(C(=O)OCC)O3)O[C@H](C(C)(C)O)C2. The van der Waals surface area contributed by atoms with E-state index < -0.39 is 23.6 Å². The fourth-order valence-corrected chi connectivity index (χ4v) is 5.39. The summed E-state index contributed by atoms with van der Waals surface area (Å²) >= 11 is 0. The van der Waals surface area contributed by atoms with Crippen LogP contribution in [0.2, 0.25) is 0 Å². The maximum atomic E-state index is 12.8. The molecule has 14 heteroatoms. The second kappa shape index (κ2) is 11.4. The number of aliphatic imine (C=N–C) groups is 3. The minimum atomic E-state index is -1.10. The van der Waals surface area contributed by atoms with Gasteiger partial charge >= 0.3 is 11.9 Å². The molecule has 0 fully saturated rings. The van der Waals surface area contributed by atoms with Crippen molar-refractivity contribution in [1.29, 1.82) is 5.41 Å². The third-order valence-electron chi connectivity index (χ3n) is 7.50. The van der Waals surface area contributed by atoms with Gasteiger partial charge in [0.05, 0.1) is 30.6 Å². The zero-order chi connectivity index (χ0) is 31.2. The predicted molar refractivity (Wildman–Crippen MR) is 158 cm³/mol. The van der Waals surface area contributed by atoms with Crippen LogP contribution in [0.5, 0.6) is 17.2 Å². The lowest BCUT2D eigenvalue weighted by atomic mass is 9.92. The van der Waals surface area contributed by atoms with Gasteiger partial charge in [-0.3, -0.25) is 9.98 Å². The van der Waals surface area contributed by atoms with Gasteiger partial charge in [-0.2, -0.15) is 9.98 Å². The van der Waals surface area contributed by atoms with Gasteiger partial charge in [-0.1, -0.05) is 13.0 Å². The van der Waals surface area contributed by atoms with Gasteiger partial charge in [-0.15, -0.1) is 0 Å². The Kier molecular flexibility index (Phi) is 7.55. The molecular formula is C30H33N7O7. The first kappa shape index (κ1) is 29.3. The molecule has 230 valence electrons. The van der Waals surface area contributed by atoms with Crippen LogP contribution in [-0.4, -0.2) is 75.6 Å². The van der Waals surface area contributed by atoms with E-state index in [0.717, 1.165) is 12.0 Å². The van der Waals surface area contributed by atoms with Gasteiger partial charge in [0.25, 0.3) is 5.84 Å². The van der Waals surface area contributed by atoms with Crippen molar-refractivity contribution in [2.75, 3.05) is 19.9 Å². The lowest BCUT2D eigenvalue weighted by Crippen LogP contribution is -3.10. The van der Waals surface area contributed by atoms with Crippen LogP contribution in [0.25, 0.3) is 5.57 Å². The number of aromatic nitrogens is 2. The molecule has 14 nitrogen and oxygen atoms in total. The molecule has 5 heterocycles. The van der Waals surface area contributed by atoms with Crippen LogP contribution in [0.3, 0.4) is 0 Å². The summed E-state index contributed by atoms with van der Waals surface area (Å²) in [5.41, 5.74) is 1.16. The monoisotopic (exact) mass is 603 g/mol. The summed E-state index contributed by atoms with van der Waals surface area (Å²) in [4.78, 5) is 30.0. The number of aliphatic hydroxyl groups is 1. The molecule has 1 aromatic carbocycles. The molecule has 0 radical (unpaired) electrons. The molecule has 0 spiro atoms. The highest BCUT2D eigenvalue weighted by atomic mass is 16.6. The number of allylic oxidation sites excluding steroid dienone is 3. The molecule has 6 rings (SSSR count). The third-order valence-corrected chi connectivity index (χ3v) is 7.50. The molecule has 0 saturated heterocycles. The number of ether oxygens (including phenoxy) is 4. The Morgan fingerprint density at radius 2 is 2.14 bits per heavy atom. The summed E-state index contributed by atoms with van der Waals surface area (Å²) in [5, 5.41) is 30.8. The van der Waals surface area contributed by atoms with Crippen molar-refractivity contribution in [2.24, 2.45) is 15.0 Å². The number of carbonyl (C=O) groups is 1. The topological polar surface area (TPSA) is 180 Å². The summed E-state index contributed by atoms with van der Waals surface area (Å²) in [6, 6.07) is 1.73. The zero-order valence-corrected chi connectivity index (χ0v) is 24.8. The van der Waals surface area contributed by atoms with Gasteiger partial charge in [-0.05, 0) is 38.8 Å². The van der Waals surface area contributed by atoms with Crippen LogP contribution in [0.4, 0.5) is 5.95 Å². The number of esters is 1. The molecule has 0 bridgehead atoms. The molecule has 2 aromatic rings. The number of quaternary nitrogens is 1. The van der Waals surface area contributed by atoms with Crippen molar-refractivity contribution < 1.29 is 38.9 Å². The van der Waals surface area contributed by atoms with Crippen molar-refractivity contribution in [2.45, 2.75) is 58.8 Å². The molecular weight excluding hydrogens is 570 g/mol. The van der Waals surface area contributed by atoms with Crippen LogP contribution in [0.1, 0.15) is 45.2 Å². The van der Waals surface area contributed by atoms with Crippen LogP contribution < -0.4 is 24.2 Å². The zero-order valence-electron chi connectivity index (χ0n) is 24.8. The third kappa shape index (κ3) is 5.26. The molecule has 44 heavy (non-hydrogen) atoms. The minimum absolute atomic E-state index is 0.00965. The number of hydrogen-bond donors (Lipinski definition) is 3. The van der Waals surface area contributed by atoms with Crippen molar-refractivity contribution in [3.8, 4) is 17.2 Å². The number of benzene rings is 1. The molecule has 0 amide bonds. The number of nitrogens with one attached hydrogen (secondary N) is 2. The van der Waals surface area contributed by atoms with Gasteiger partial charge in [0.2, 0.25) is 11.7 Å². The average Bonchev–Trinajstić information content (AvgIpc) is 3.72. The van der Waals surface area contributed by atoms with Crippen molar-refractivity contribution in [1.82, 2.24) is 9.55 Å². The Morgan fingerprint density at radius 3 is 2.89 bits per heavy atom. The molecule has 1 aromatic heterocycles. The summed E-state index contributed by atoms with van der Waals surface area (Å²) < 4.78 is 25.6.